The Balaban J connectivity index is 2.42. The number of Topliss-reactive ketones (excluding diaryl/α,β-unsaturated/α-hetero) is 1. The van der Waals surface area contributed by atoms with E-state index in [0.29, 0.717) is 0 Å². The lowest BCUT2D eigenvalue weighted by atomic mass is 10.00. The van der Waals surface area contributed by atoms with Crippen molar-refractivity contribution in [2.24, 2.45) is 16.7 Å². The fraction of sp³-hybridized carbons (Fsp3) is 0.533. The second-order valence-corrected chi connectivity index (χ2v) is 6.21. The summed E-state index contributed by atoms with van der Waals surface area (Å²) in [5.41, 5.74) is -0.948. The van der Waals surface area contributed by atoms with Crippen molar-refractivity contribution in [1.82, 2.24) is 0 Å². The number of benzene rings is 1. The summed E-state index contributed by atoms with van der Waals surface area (Å²) in [5.74, 6) is -2.48. The fourth-order valence-corrected chi connectivity index (χ4v) is 2.90. The van der Waals surface area contributed by atoms with Crippen LogP contribution in [0.1, 0.15) is 38.1 Å². The molecule has 0 spiro atoms. The van der Waals surface area contributed by atoms with Gasteiger partial charge in [0.1, 0.15) is 17.4 Å². The molecule has 4 heteroatoms. The van der Waals surface area contributed by atoms with Gasteiger partial charge in [-0.05, 0) is 10.8 Å². The van der Waals surface area contributed by atoms with Crippen LogP contribution < -0.4 is 4.74 Å². The number of methoxy groups -OCH3 is 1. The number of hydrogen-bond acceptors (Lipinski definition) is 2. The molecular weight excluding hydrogens is 250 g/mol. The van der Waals surface area contributed by atoms with Crippen LogP contribution >= 0.6 is 0 Å². The van der Waals surface area contributed by atoms with E-state index >= 15 is 0 Å². The van der Waals surface area contributed by atoms with Gasteiger partial charge in [0.25, 0.3) is 0 Å². The van der Waals surface area contributed by atoms with Crippen LogP contribution in [0.2, 0.25) is 0 Å². The summed E-state index contributed by atoms with van der Waals surface area (Å²) in [7, 11) is 1.32. The van der Waals surface area contributed by atoms with E-state index in [1.807, 2.05) is 27.7 Å². The minimum Gasteiger partial charge on any atom is -0.497 e. The van der Waals surface area contributed by atoms with E-state index in [2.05, 4.69) is 0 Å². The average Bonchev–Trinajstić information content (AvgIpc) is 2.67. The molecule has 1 aromatic carbocycles. The Labute approximate surface area is 111 Å². The summed E-state index contributed by atoms with van der Waals surface area (Å²) in [5, 5.41) is 0. The molecule has 104 valence electrons. The van der Waals surface area contributed by atoms with Gasteiger partial charge in [-0.3, -0.25) is 4.79 Å². The normalized spacial score (nSPS) is 20.2. The maximum Gasteiger partial charge on any atom is 0.172 e. The lowest BCUT2D eigenvalue weighted by molar-refractivity contribution is 0.0936. The second-order valence-electron chi connectivity index (χ2n) is 6.21. The molecule has 0 heterocycles. The minimum atomic E-state index is -0.861. The Morgan fingerprint density at radius 3 is 1.84 bits per heavy atom. The third kappa shape index (κ3) is 1.85. The molecule has 0 radical (unpaired) electrons. The summed E-state index contributed by atoms with van der Waals surface area (Å²) in [6.45, 7) is 7.76. The Bertz CT molecular complexity index is 510. The third-order valence-corrected chi connectivity index (χ3v) is 4.78. The zero-order valence-electron chi connectivity index (χ0n) is 11.8. The number of carbonyl (C=O) groups excluding carboxylic acids is 1. The van der Waals surface area contributed by atoms with Gasteiger partial charge >= 0.3 is 0 Å². The third-order valence-electron chi connectivity index (χ3n) is 4.78. The number of ketones is 1. The quantitative estimate of drug-likeness (QED) is 0.779. The molecule has 1 aromatic rings. The number of ether oxygens (including phenoxy) is 1. The topological polar surface area (TPSA) is 26.3 Å². The highest BCUT2D eigenvalue weighted by Gasteiger charge is 2.68. The van der Waals surface area contributed by atoms with Crippen molar-refractivity contribution >= 4 is 5.78 Å². The molecule has 0 amide bonds. The number of rotatable bonds is 3. The molecule has 1 aliphatic carbocycles. The van der Waals surface area contributed by atoms with Crippen molar-refractivity contribution in [3.05, 3.63) is 29.3 Å². The first-order valence-electron chi connectivity index (χ1n) is 6.22. The van der Waals surface area contributed by atoms with Crippen molar-refractivity contribution in [1.29, 1.82) is 0 Å². The van der Waals surface area contributed by atoms with Gasteiger partial charge in [0.2, 0.25) is 0 Å². The first-order chi connectivity index (χ1) is 8.64. The van der Waals surface area contributed by atoms with E-state index in [0.717, 1.165) is 12.1 Å². The van der Waals surface area contributed by atoms with Crippen molar-refractivity contribution in [3.8, 4) is 5.75 Å². The van der Waals surface area contributed by atoms with Crippen LogP contribution in [-0.4, -0.2) is 12.9 Å². The summed E-state index contributed by atoms with van der Waals surface area (Å²) in [6.07, 6.45) is 0. The second kappa shape index (κ2) is 4.02. The zero-order chi connectivity index (χ0) is 14.6. The Kier molecular flexibility index (Phi) is 2.96. The molecule has 0 aliphatic heterocycles. The average molecular weight is 268 g/mol. The summed E-state index contributed by atoms with van der Waals surface area (Å²) in [6, 6.07) is 2.08. The lowest BCUT2D eigenvalue weighted by Gasteiger charge is -2.08. The van der Waals surface area contributed by atoms with Crippen LogP contribution in [0, 0.1) is 28.4 Å². The standard InChI is InChI=1S/C15H18F2O2/c1-14(2)13(15(14,3)4)12(18)11-9(16)6-8(19-5)7-10(11)17/h6-7,13H,1-5H3. The maximum atomic E-state index is 13.9. The highest BCUT2D eigenvalue weighted by atomic mass is 19.1. The lowest BCUT2D eigenvalue weighted by Crippen LogP contribution is -2.12. The van der Waals surface area contributed by atoms with E-state index in [9.17, 15) is 13.6 Å². The molecule has 0 atom stereocenters. The summed E-state index contributed by atoms with van der Waals surface area (Å²) in [4.78, 5) is 12.4. The maximum absolute atomic E-state index is 13.9. The molecule has 0 bridgehead atoms. The van der Waals surface area contributed by atoms with Crippen molar-refractivity contribution < 1.29 is 18.3 Å². The van der Waals surface area contributed by atoms with E-state index in [1.165, 1.54) is 7.11 Å². The predicted octanol–water partition coefficient (Wildman–Crippen LogP) is 3.84. The first-order valence-corrected chi connectivity index (χ1v) is 6.22. The zero-order valence-corrected chi connectivity index (χ0v) is 11.8. The van der Waals surface area contributed by atoms with Crippen molar-refractivity contribution in [2.75, 3.05) is 7.11 Å². The van der Waals surface area contributed by atoms with Crippen LogP contribution in [0.4, 0.5) is 8.78 Å². The van der Waals surface area contributed by atoms with Gasteiger partial charge in [-0.15, -0.1) is 0 Å². The molecule has 19 heavy (non-hydrogen) atoms. The molecule has 0 saturated heterocycles. The SMILES string of the molecule is COc1cc(F)c(C(=O)C2C(C)(C)C2(C)C)c(F)c1. The van der Waals surface area contributed by atoms with Gasteiger partial charge in [0.15, 0.2) is 5.78 Å². The van der Waals surface area contributed by atoms with E-state index in [1.54, 1.807) is 0 Å². The van der Waals surface area contributed by atoms with Crippen LogP contribution in [0.5, 0.6) is 5.75 Å². The monoisotopic (exact) mass is 268 g/mol. The van der Waals surface area contributed by atoms with E-state index < -0.39 is 23.0 Å². The molecule has 0 aromatic heterocycles. The first kappa shape index (κ1) is 14.0. The van der Waals surface area contributed by atoms with Crippen LogP contribution in [-0.2, 0) is 0 Å². The van der Waals surface area contributed by atoms with E-state index in [-0.39, 0.29) is 22.5 Å². The van der Waals surface area contributed by atoms with E-state index in [4.69, 9.17) is 4.74 Å². The summed E-state index contributed by atoms with van der Waals surface area (Å²) >= 11 is 0. The molecule has 1 saturated carbocycles. The predicted molar refractivity (Wildman–Crippen MR) is 68.3 cm³/mol. The molecule has 1 fully saturated rings. The molecule has 1 aliphatic rings. The molecule has 0 N–H and O–H groups in total. The molecule has 2 rings (SSSR count). The van der Waals surface area contributed by atoms with Crippen molar-refractivity contribution in [2.45, 2.75) is 27.7 Å². The molecule has 0 unspecified atom stereocenters. The van der Waals surface area contributed by atoms with Crippen molar-refractivity contribution in [3.63, 3.8) is 0 Å². The Hall–Kier alpha value is -1.45. The highest BCUT2D eigenvalue weighted by Crippen LogP contribution is 2.69. The van der Waals surface area contributed by atoms with Crippen LogP contribution in [0.25, 0.3) is 0 Å². The van der Waals surface area contributed by atoms with Gasteiger partial charge in [0.05, 0.1) is 12.7 Å². The van der Waals surface area contributed by atoms with Gasteiger partial charge in [-0.2, -0.15) is 0 Å². The Morgan fingerprint density at radius 2 is 1.53 bits per heavy atom. The minimum absolute atomic E-state index is 0.0702. The number of carbonyl (C=O) groups is 1. The summed E-state index contributed by atoms with van der Waals surface area (Å²) < 4.78 is 32.6. The van der Waals surface area contributed by atoms with Crippen LogP contribution in [0.15, 0.2) is 12.1 Å². The van der Waals surface area contributed by atoms with Gasteiger partial charge in [-0.1, -0.05) is 27.7 Å². The molecule has 2 nitrogen and oxygen atoms in total. The number of halogens is 2. The van der Waals surface area contributed by atoms with Gasteiger partial charge < -0.3 is 4.74 Å². The highest BCUT2D eigenvalue weighted by molar-refractivity contribution is 6.01. The van der Waals surface area contributed by atoms with Crippen LogP contribution in [0.3, 0.4) is 0 Å². The smallest absolute Gasteiger partial charge is 0.172 e. The largest absolute Gasteiger partial charge is 0.497 e. The molecular formula is C15H18F2O2. The fourth-order valence-electron chi connectivity index (χ4n) is 2.90. The Morgan fingerprint density at radius 1 is 1.11 bits per heavy atom. The van der Waals surface area contributed by atoms with Gasteiger partial charge in [-0.25, -0.2) is 8.78 Å². The van der Waals surface area contributed by atoms with Gasteiger partial charge in [0, 0.05) is 18.1 Å². The number of hydrogen-bond donors (Lipinski definition) is 0.